The van der Waals surface area contributed by atoms with Crippen LogP contribution in [0.2, 0.25) is 5.02 Å². The predicted octanol–water partition coefficient (Wildman–Crippen LogP) is 3.74. The Morgan fingerprint density at radius 3 is 2.88 bits per heavy atom. The maximum absolute atomic E-state index is 5.96. The van der Waals surface area contributed by atoms with E-state index in [0.717, 1.165) is 22.3 Å². The van der Waals surface area contributed by atoms with Crippen molar-refractivity contribution in [1.82, 2.24) is 4.98 Å². The molecule has 1 aromatic heterocycles. The summed E-state index contributed by atoms with van der Waals surface area (Å²) in [6.45, 7) is 2.04. The highest BCUT2D eigenvalue weighted by Crippen LogP contribution is 2.25. The standard InChI is InChI=1S/C12H13ClN2S/c1-8-11(16-12(14-2)15-8)7-9-4-3-5-10(13)6-9/h3-6H,7H2,1-2H3,(H,14,15). The molecule has 16 heavy (non-hydrogen) atoms. The van der Waals surface area contributed by atoms with Crippen LogP contribution in [0.1, 0.15) is 16.1 Å². The van der Waals surface area contributed by atoms with Crippen LogP contribution in [0.4, 0.5) is 5.13 Å². The molecule has 0 unspecified atom stereocenters. The van der Waals surface area contributed by atoms with E-state index in [0.29, 0.717) is 0 Å². The van der Waals surface area contributed by atoms with Gasteiger partial charge in [-0.25, -0.2) is 4.98 Å². The fourth-order valence-corrected chi connectivity index (χ4v) is 2.69. The summed E-state index contributed by atoms with van der Waals surface area (Å²) >= 11 is 7.65. The second kappa shape index (κ2) is 4.85. The zero-order chi connectivity index (χ0) is 11.5. The van der Waals surface area contributed by atoms with Gasteiger partial charge in [0, 0.05) is 23.4 Å². The first kappa shape index (κ1) is 11.4. The Morgan fingerprint density at radius 1 is 1.44 bits per heavy atom. The molecule has 0 saturated carbocycles. The van der Waals surface area contributed by atoms with Crippen LogP contribution in [0, 0.1) is 6.92 Å². The molecule has 0 aliphatic carbocycles. The highest BCUT2D eigenvalue weighted by atomic mass is 35.5. The molecule has 0 saturated heterocycles. The monoisotopic (exact) mass is 252 g/mol. The first-order valence-electron chi connectivity index (χ1n) is 5.07. The number of hydrogen-bond donors (Lipinski definition) is 1. The van der Waals surface area contributed by atoms with Crippen molar-refractivity contribution >= 4 is 28.1 Å². The quantitative estimate of drug-likeness (QED) is 0.900. The zero-order valence-corrected chi connectivity index (χ0v) is 10.8. The summed E-state index contributed by atoms with van der Waals surface area (Å²) in [5.74, 6) is 0. The lowest BCUT2D eigenvalue weighted by Crippen LogP contribution is -1.87. The molecular formula is C12H13ClN2S. The summed E-state index contributed by atoms with van der Waals surface area (Å²) < 4.78 is 0. The van der Waals surface area contributed by atoms with E-state index in [1.54, 1.807) is 11.3 Å². The topological polar surface area (TPSA) is 24.9 Å². The normalized spacial score (nSPS) is 10.4. The molecule has 1 aromatic carbocycles. The van der Waals surface area contributed by atoms with Crippen molar-refractivity contribution in [2.24, 2.45) is 0 Å². The van der Waals surface area contributed by atoms with E-state index in [1.165, 1.54) is 10.4 Å². The summed E-state index contributed by atoms with van der Waals surface area (Å²) in [6.07, 6.45) is 0.895. The minimum Gasteiger partial charge on any atom is -0.365 e. The van der Waals surface area contributed by atoms with Gasteiger partial charge in [-0.2, -0.15) is 0 Å². The van der Waals surface area contributed by atoms with Crippen molar-refractivity contribution in [2.45, 2.75) is 13.3 Å². The third-order valence-corrected chi connectivity index (χ3v) is 3.77. The van der Waals surface area contributed by atoms with Crippen LogP contribution in [0.3, 0.4) is 0 Å². The van der Waals surface area contributed by atoms with E-state index < -0.39 is 0 Å². The minimum atomic E-state index is 0.786. The molecule has 0 aliphatic heterocycles. The molecule has 0 bridgehead atoms. The molecule has 0 spiro atoms. The molecular weight excluding hydrogens is 240 g/mol. The number of anilines is 1. The third-order valence-electron chi connectivity index (χ3n) is 2.36. The lowest BCUT2D eigenvalue weighted by molar-refractivity contribution is 1.15. The number of hydrogen-bond acceptors (Lipinski definition) is 3. The van der Waals surface area contributed by atoms with Crippen LogP contribution in [0.15, 0.2) is 24.3 Å². The molecule has 1 N–H and O–H groups in total. The summed E-state index contributed by atoms with van der Waals surface area (Å²) in [7, 11) is 1.89. The molecule has 4 heteroatoms. The second-order valence-corrected chi connectivity index (χ2v) is 5.10. The van der Waals surface area contributed by atoms with E-state index in [1.807, 2.05) is 32.2 Å². The number of aryl methyl sites for hydroxylation is 1. The maximum atomic E-state index is 5.96. The van der Waals surface area contributed by atoms with E-state index >= 15 is 0 Å². The maximum Gasteiger partial charge on any atom is 0.182 e. The molecule has 2 nitrogen and oxygen atoms in total. The molecule has 0 aliphatic rings. The van der Waals surface area contributed by atoms with Crippen LogP contribution in [0.5, 0.6) is 0 Å². The molecule has 0 fully saturated rings. The van der Waals surface area contributed by atoms with Gasteiger partial charge in [-0.3, -0.25) is 0 Å². The number of thiazole rings is 1. The highest BCUT2D eigenvalue weighted by molar-refractivity contribution is 7.15. The average molecular weight is 253 g/mol. The van der Waals surface area contributed by atoms with E-state index in [-0.39, 0.29) is 0 Å². The van der Waals surface area contributed by atoms with Gasteiger partial charge in [-0.1, -0.05) is 23.7 Å². The number of aromatic nitrogens is 1. The largest absolute Gasteiger partial charge is 0.365 e. The average Bonchev–Trinajstić information content (AvgIpc) is 2.60. The Labute approximate surface area is 104 Å². The van der Waals surface area contributed by atoms with Gasteiger partial charge in [0.2, 0.25) is 0 Å². The van der Waals surface area contributed by atoms with Crippen molar-refractivity contribution in [2.75, 3.05) is 12.4 Å². The van der Waals surface area contributed by atoms with E-state index in [2.05, 4.69) is 16.4 Å². The molecule has 0 amide bonds. The van der Waals surface area contributed by atoms with Gasteiger partial charge in [0.15, 0.2) is 5.13 Å². The molecule has 0 radical (unpaired) electrons. The van der Waals surface area contributed by atoms with Gasteiger partial charge >= 0.3 is 0 Å². The van der Waals surface area contributed by atoms with Crippen molar-refractivity contribution in [3.63, 3.8) is 0 Å². The molecule has 2 aromatic rings. The summed E-state index contributed by atoms with van der Waals surface area (Å²) in [5, 5.41) is 4.82. The zero-order valence-electron chi connectivity index (χ0n) is 9.25. The van der Waals surface area contributed by atoms with Crippen LogP contribution in [0.25, 0.3) is 0 Å². The van der Waals surface area contributed by atoms with Gasteiger partial charge in [-0.05, 0) is 24.6 Å². The Bertz CT molecular complexity index is 494. The Morgan fingerprint density at radius 2 is 2.25 bits per heavy atom. The van der Waals surface area contributed by atoms with Crippen molar-refractivity contribution < 1.29 is 0 Å². The number of nitrogens with one attached hydrogen (secondary N) is 1. The molecule has 1 heterocycles. The van der Waals surface area contributed by atoms with Crippen LogP contribution in [-0.2, 0) is 6.42 Å². The van der Waals surface area contributed by atoms with Crippen LogP contribution < -0.4 is 5.32 Å². The second-order valence-electron chi connectivity index (χ2n) is 3.58. The summed E-state index contributed by atoms with van der Waals surface area (Å²) in [4.78, 5) is 5.71. The minimum absolute atomic E-state index is 0.786. The van der Waals surface area contributed by atoms with E-state index in [4.69, 9.17) is 11.6 Å². The van der Waals surface area contributed by atoms with Gasteiger partial charge in [0.25, 0.3) is 0 Å². The van der Waals surface area contributed by atoms with Gasteiger partial charge in [0.05, 0.1) is 5.69 Å². The lowest BCUT2D eigenvalue weighted by atomic mass is 10.1. The van der Waals surface area contributed by atoms with Crippen molar-refractivity contribution in [3.8, 4) is 0 Å². The fraction of sp³-hybridized carbons (Fsp3) is 0.250. The SMILES string of the molecule is CNc1nc(C)c(Cc2cccc(Cl)c2)s1. The third kappa shape index (κ3) is 2.54. The summed E-state index contributed by atoms with van der Waals surface area (Å²) in [5.41, 5.74) is 2.32. The predicted molar refractivity (Wildman–Crippen MR) is 70.7 cm³/mol. The number of rotatable bonds is 3. The fourth-order valence-electron chi connectivity index (χ4n) is 1.53. The first-order chi connectivity index (χ1) is 7.69. The van der Waals surface area contributed by atoms with E-state index in [9.17, 15) is 0 Å². The van der Waals surface area contributed by atoms with Crippen molar-refractivity contribution in [3.05, 3.63) is 45.4 Å². The Balaban J connectivity index is 2.23. The number of halogens is 1. The van der Waals surface area contributed by atoms with Crippen LogP contribution in [-0.4, -0.2) is 12.0 Å². The Hall–Kier alpha value is -1.06. The van der Waals surface area contributed by atoms with Gasteiger partial charge in [0.1, 0.15) is 0 Å². The van der Waals surface area contributed by atoms with Gasteiger partial charge in [-0.15, -0.1) is 11.3 Å². The lowest BCUT2D eigenvalue weighted by Gasteiger charge is -1.99. The number of benzene rings is 1. The summed E-state index contributed by atoms with van der Waals surface area (Å²) in [6, 6.07) is 7.96. The van der Waals surface area contributed by atoms with Crippen LogP contribution >= 0.6 is 22.9 Å². The van der Waals surface area contributed by atoms with Crippen molar-refractivity contribution in [1.29, 1.82) is 0 Å². The molecule has 0 atom stereocenters. The molecule has 84 valence electrons. The van der Waals surface area contributed by atoms with Gasteiger partial charge < -0.3 is 5.32 Å². The highest BCUT2D eigenvalue weighted by Gasteiger charge is 2.07. The number of nitrogens with zero attached hydrogens (tertiary/aromatic N) is 1. The Kier molecular flexibility index (Phi) is 3.46. The first-order valence-corrected chi connectivity index (χ1v) is 6.27. The smallest absolute Gasteiger partial charge is 0.182 e. The molecule has 2 rings (SSSR count).